The fourth-order valence-corrected chi connectivity index (χ4v) is 9.54. The van der Waals surface area contributed by atoms with Crippen molar-refractivity contribution in [1.82, 2.24) is 24.4 Å². The van der Waals surface area contributed by atoms with Crippen LogP contribution in [0, 0.1) is 0 Å². The lowest BCUT2D eigenvalue weighted by Gasteiger charge is -2.40. The van der Waals surface area contributed by atoms with Gasteiger partial charge in [-0.1, -0.05) is 17.7 Å². The summed E-state index contributed by atoms with van der Waals surface area (Å²) in [5.74, 6) is -0.529. The lowest BCUT2D eigenvalue weighted by molar-refractivity contribution is -0.136. The molecular formula is C28H32ClN5O7S2. The first kappa shape index (κ1) is 30.2. The molecule has 2 atom stereocenters. The van der Waals surface area contributed by atoms with E-state index in [1.165, 1.54) is 16.1 Å². The number of oxazole rings is 1. The van der Waals surface area contributed by atoms with Crippen molar-refractivity contribution in [2.24, 2.45) is 0 Å². The minimum Gasteiger partial charge on any atom is -0.436 e. The minimum atomic E-state index is -4.17. The second-order valence-electron chi connectivity index (χ2n) is 11.0. The standard InChI is InChI=1S/C28H32ClN5O7S2/c1-16-11-21-22(14-30-16)41-26(31-21)27(37)34-6-5-33(15-19(34)13-24(36)32-7-9-40-10-8-32)43(38,39)28-25(17(2)35)20-4-3-18(29)12-23(20)42-28/h3-4,12,16,19,30H,5-11,13-15H2,1-2H3. The van der Waals surface area contributed by atoms with Crippen LogP contribution in [0.15, 0.2) is 26.8 Å². The molecule has 2 amide bonds. The van der Waals surface area contributed by atoms with Crippen LogP contribution in [-0.2, 0) is 32.5 Å². The highest BCUT2D eigenvalue weighted by atomic mass is 35.5. The smallest absolute Gasteiger partial charge is 0.310 e. The second kappa shape index (κ2) is 11.9. The second-order valence-corrected chi connectivity index (χ2v) is 14.7. The van der Waals surface area contributed by atoms with Gasteiger partial charge in [0.1, 0.15) is 9.97 Å². The van der Waals surface area contributed by atoms with E-state index in [0.29, 0.717) is 60.1 Å². The summed E-state index contributed by atoms with van der Waals surface area (Å²) in [6.07, 6.45) is 0.536. The number of fused-ring (bicyclic) bond motifs is 2. The number of carbonyl (C=O) groups is 3. The molecule has 3 aliphatic heterocycles. The van der Waals surface area contributed by atoms with Crippen LogP contribution >= 0.6 is 22.9 Å². The molecular weight excluding hydrogens is 618 g/mol. The molecule has 2 unspecified atom stereocenters. The van der Waals surface area contributed by atoms with Gasteiger partial charge < -0.3 is 24.3 Å². The summed E-state index contributed by atoms with van der Waals surface area (Å²) in [7, 11) is -4.17. The molecule has 0 saturated carbocycles. The monoisotopic (exact) mass is 649 g/mol. The molecule has 0 spiro atoms. The Bertz CT molecular complexity index is 1700. The van der Waals surface area contributed by atoms with Gasteiger partial charge in [0.25, 0.3) is 15.9 Å². The molecule has 43 heavy (non-hydrogen) atoms. The van der Waals surface area contributed by atoms with Crippen LogP contribution in [0.5, 0.6) is 0 Å². The first-order valence-electron chi connectivity index (χ1n) is 14.1. The number of amides is 2. The molecule has 12 nitrogen and oxygen atoms in total. The number of piperazine rings is 1. The summed E-state index contributed by atoms with van der Waals surface area (Å²) in [5.41, 5.74) is 0.836. The fourth-order valence-electron chi connectivity index (χ4n) is 5.84. The molecule has 1 N–H and O–H groups in total. The summed E-state index contributed by atoms with van der Waals surface area (Å²) in [5, 5.41) is 4.23. The number of morpholine rings is 1. The summed E-state index contributed by atoms with van der Waals surface area (Å²) >= 11 is 7.14. The Hall–Kier alpha value is -2.88. The first-order chi connectivity index (χ1) is 20.5. The van der Waals surface area contributed by atoms with Gasteiger partial charge in [0.15, 0.2) is 5.78 Å². The van der Waals surface area contributed by atoms with Crippen molar-refractivity contribution in [2.45, 2.75) is 49.5 Å². The minimum absolute atomic E-state index is 0.0208. The third-order valence-electron chi connectivity index (χ3n) is 8.10. The Labute approximate surface area is 258 Å². The van der Waals surface area contributed by atoms with E-state index in [4.69, 9.17) is 20.8 Å². The van der Waals surface area contributed by atoms with Gasteiger partial charge in [0.05, 0.1) is 37.1 Å². The van der Waals surface area contributed by atoms with Crippen molar-refractivity contribution in [3.8, 4) is 0 Å². The zero-order valence-electron chi connectivity index (χ0n) is 23.8. The molecule has 3 aliphatic rings. The number of hydrogen-bond donors (Lipinski definition) is 1. The molecule has 230 valence electrons. The summed E-state index contributed by atoms with van der Waals surface area (Å²) in [4.78, 5) is 47.4. The lowest BCUT2D eigenvalue weighted by atomic mass is 10.1. The number of hydrogen-bond acceptors (Lipinski definition) is 10. The Morgan fingerprint density at radius 3 is 2.67 bits per heavy atom. The van der Waals surface area contributed by atoms with Crippen LogP contribution < -0.4 is 5.32 Å². The van der Waals surface area contributed by atoms with Crippen molar-refractivity contribution in [3.63, 3.8) is 0 Å². The molecule has 5 heterocycles. The number of ether oxygens (including phenoxy) is 1. The maximum absolute atomic E-state index is 14.1. The van der Waals surface area contributed by atoms with E-state index in [9.17, 15) is 22.8 Å². The van der Waals surface area contributed by atoms with Crippen molar-refractivity contribution >= 4 is 60.6 Å². The molecule has 2 saturated heterocycles. The molecule has 0 radical (unpaired) electrons. The van der Waals surface area contributed by atoms with Gasteiger partial charge in [-0.05, 0) is 26.0 Å². The van der Waals surface area contributed by atoms with Crippen LogP contribution in [0.25, 0.3) is 10.1 Å². The normalized spacial score (nSPS) is 21.7. The Morgan fingerprint density at radius 2 is 1.93 bits per heavy atom. The first-order valence-corrected chi connectivity index (χ1v) is 16.8. The number of thiophene rings is 1. The van der Waals surface area contributed by atoms with Crippen LogP contribution in [0.3, 0.4) is 0 Å². The average molecular weight is 650 g/mol. The zero-order valence-corrected chi connectivity index (χ0v) is 26.2. The third-order valence-corrected chi connectivity index (χ3v) is 11.8. The molecule has 6 rings (SSSR count). The highest BCUT2D eigenvalue weighted by Crippen LogP contribution is 2.38. The number of nitrogens with one attached hydrogen (secondary N) is 1. The van der Waals surface area contributed by atoms with Crippen molar-refractivity contribution in [3.05, 3.63) is 46.1 Å². The van der Waals surface area contributed by atoms with Gasteiger partial charge in [0.2, 0.25) is 5.91 Å². The SMILES string of the molecule is CC(=O)c1c(S(=O)(=O)N2CCN(C(=O)c3nc4c(o3)CNC(C)C4)C(CC(=O)N3CCOCC3)C2)sc2cc(Cl)ccc12. The van der Waals surface area contributed by atoms with Gasteiger partial charge in [0, 0.05) is 66.7 Å². The number of sulfonamides is 1. The van der Waals surface area contributed by atoms with Crippen LogP contribution in [-0.4, -0.2) is 103 Å². The molecule has 3 aromatic rings. The van der Waals surface area contributed by atoms with Crippen LogP contribution in [0.4, 0.5) is 0 Å². The Kier molecular flexibility index (Phi) is 8.35. The zero-order chi connectivity index (χ0) is 30.5. The van der Waals surface area contributed by atoms with E-state index in [1.807, 2.05) is 6.92 Å². The number of aromatic nitrogens is 1. The molecule has 0 aliphatic carbocycles. The summed E-state index contributed by atoms with van der Waals surface area (Å²) in [6, 6.07) is 4.32. The molecule has 2 aromatic heterocycles. The number of rotatable bonds is 6. The van der Waals surface area contributed by atoms with Crippen molar-refractivity contribution in [1.29, 1.82) is 0 Å². The number of benzene rings is 1. The Morgan fingerprint density at radius 1 is 1.16 bits per heavy atom. The maximum Gasteiger partial charge on any atom is 0.310 e. The topological polar surface area (TPSA) is 142 Å². The molecule has 1 aromatic carbocycles. The number of ketones is 1. The lowest BCUT2D eigenvalue weighted by Crippen LogP contribution is -2.58. The summed E-state index contributed by atoms with van der Waals surface area (Å²) < 4.78 is 41.2. The fraction of sp³-hybridized carbons (Fsp3) is 0.500. The molecule has 0 bridgehead atoms. The van der Waals surface area contributed by atoms with Gasteiger partial charge in [-0.15, -0.1) is 11.3 Å². The van der Waals surface area contributed by atoms with Gasteiger partial charge in [-0.2, -0.15) is 4.31 Å². The largest absolute Gasteiger partial charge is 0.436 e. The molecule has 2 fully saturated rings. The van der Waals surface area contributed by atoms with Crippen molar-refractivity contribution in [2.75, 3.05) is 45.9 Å². The maximum atomic E-state index is 14.1. The highest BCUT2D eigenvalue weighted by Gasteiger charge is 2.41. The van der Waals surface area contributed by atoms with Crippen LogP contribution in [0.2, 0.25) is 5.02 Å². The number of Topliss-reactive ketones (excluding diaryl/α,β-unsaturated/α-hetero) is 1. The average Bonchev–Trinajstić information content (AvgIpc) is 3.59. The predicted octanol–water partition coefficient (Wildman–Crippen LogP) is 2.54. The van der Waals surface area contributed by atoms with Crippen LogP contribution in [0.1, 0.15) is 52.8 Å². The van der Waals surface area contributed by atoms with Gasteiger partial charge >= 0.3 is 5.91 Å². The number of carbonyl (C=O) groups excluding carboxylic acids is 3. The van der Waals surface area contributed by atoms with E-state index in [1.54, 1.807) is 23.1 Å². The van der Waals surface area contributed by atoms with E-state index in [-0.39, 0.29) is 59.5 Å². The van der Waals surface area contributed by atoms with Crippen molar-refractivity contribution < 1.29 is 32.0 Å². The van der Waals surface area contributed by atoms with Gasteiger partial charge in [-0.25, -0.2) is 13.4 Å². The summed E-state index contributed by atoms with van der Waals surface area (Å²) in [6.45, 7) is 5.35. The quantitative estimate of drug-likeness (QED) is 0.399. The van der Waals surface area contributed by atoms with E-state index < -0.39 is 22.0 Å². The van der Waals surface area contributed by atoms with E-state index >= 15 is 0 Å². The Balaban J connectivity index is 1.31. The van der Waals surface area contributed by atoms with E-state index in [0.717, 1.165) is 17.0 Å². The third kappa shape index (κ3) is 5.83. The number of halogens is 1. The van der Waals surface area contributed by atoms with E-state index in [2.05, 4.69) is 10.3 Å². The number of nitrogens with zero attached hydrogens (tertiary/aromatic N) is 4. The molecule has 15 heteroatoms. The highest BCUT2D eigenvalue weighted by molar-refractivity contribution is 7.91. The van der Waals surface area contributed by atoms with Gasteiger partial charge in [-0.3, -0.25) is 14.4 Å². The predicted molar refractivity (Wildman–Crippen MR) is 159 cm³/mol.